The Morgan fingerprint density at radius 1 is 1.06 bits per heavy atom. The molecule has 0 amide bonds. The van der Waals surface area contributed by atoms with Crippen LogP contribution in [0.1, 0.15) is 34.0 Å². The highest BCUT2D eigenvalue weighted by molar-refractivity contribution is 6.15. The molecule has 1 aromatic heterocycles. The van der Waals surface area contributed by atoms with E-state index in [4.69, 9.17) is 9.47 Å². The van der Waals surface area contributed by atoms with E-state index in [0.29, 0.717) is 29.4 Å². The Balaban J connectivity index is 1.43. The number of carbonyl (C=O) groups excluding carboxylic acids is 1. The summed E-state index contributed by atoms with van der Waals surface area (Å²) in [6.07, 6.45) is 3.86. The van der Waals surface area contributed by atoms with E-state index in [1.807, 2.05) is 37.4 Å². The number of fused-ring (bicyclic) bond motifs is 2. The number of para-hydroxylation sites is 1. The summed E-state index contributed by atoms with van der Waals surface area (Å²) in [6.45, 7) is 5.10. The average Bonchev–Trinajstić information content (AvgIpc) is 3.33. The largest absolute Gasteiger partial charge is 0.488 e. The van der Waals surface area contributed by atoms with Gasteiger partial charge in [0.15, 0.2) is 5.76 Å². The molecule has 3 aromatic carbocycles. The number of Topliss-reactive ketones (excluding diaryl/α,β-unsaturated/α-hetero) is 1. The lowest BCUT2D eigenvalue weighted by Gasteiger charge is -2.11. The molecule has 32 heavy (non-hydrogen) atoms. The van der Waals surface area contributed by atoms with Crippen molar-refractivity contribution in [3.63, 3.8) is 0 Å². The van der Waals surface area contributed by atoms with Gasteiger partial charge in [-0.3, -0.25) is 4.79 Å². The zero-order chi connectivity index (χ0) is 22.2. The van der Waals surface area contributed by atoms with E-state index in [-0.39, 0.29) is 11.6 Å². The van der Waals surface area contributed by atoms with Gasteiger partial charge in [0, 0.05) is 34.8 Å². The number of ether oxygens (including phenoxy) is 2. The minimum atomic E-state index is -0.282. The van der Waals surface area contributed by atoms with Crippen molar-refractivity contribution in [1.82, 2.24) is 4.57 Å². The zero-order valence-corrected chi connectivity index (χ0v) is 17.9. The first-order chi connectivity index (χ1) is 15.5. The van der Waals surface area contributed by atoms with Crippen molar-refractivity contribution < 1.29 is 18.7 Å². The van der Waals surface area contributed by atoms with Crippen LogP contribution in [0.5, 0.6) is 11.5 Å². The third-order valence-electron chi connectivity index (χ3n) is 5.79. The summed E-state index contributed by atoms with van der Waals surface area (Å²) in [5.41, 5.74) is 4.22. The Morgan fingerprint density at radius 2 is 1.84 bits per heavy atom. The van der Waals surface area contributed by atoms with Gasteiger partial charge in [-0.25, -0.2) is 4.39 Å². The third-order valence-corrected chi connectivity index (χ3v) is 5.79. The molecule has 0 atom stereocenters. The Bertz CT molecular complexity index is 1370. The van der Waals surface area contributed by atoms with E-state index < -0.39 is 0 Å². The van der Waals surface area contributed by atoms with Crippen LogP contribution in [0.15, 0.2) is 72.6 Å². The van der Waals surface area contributed by atoms with Crippen molar-refractivity contribution in [1.29, 1.82) is 0 Å². The first-order valence-corrected chi connectivity index (χ1v) is 10.6. The quantitative estimate of drug-likeness (QED) is 0.351. The Labute approximate surface area is 185 Å². The predicted molar refractivity (Wildman–Crippen MR) is 122 cm³/mol. The number of hydrogen-bond acceptors (Lipinski definition) is 3. The van der Waals surface area contributed by atoms with Crippen molar-refractivity contribution in [3.05, 3.63) is 101 Å². The molecule has 0 N–H and O–H groups in total. The number of carbonyl (C=O) groups is 1. The van der Waals surface area contributed by atoms with E-state index in [0.717, 1.165) is 34.1 Å². The molecule has 5 heteroatoms. The van der Waals surface area contributed by atoms with E-state index in [1.54, 1.807) is 24.3 Å². The number of halogens is 1. The smallest absolute Gasteiger partial charge is 0.231 e. The van der Waals surface area contributed by atoms with Crippen LogP contribution in [-0.4, -0.2) is 10.4 Å². The summed E-state index contributed by atoms with van der Waals surface area (Å²) in [5.74, 6) is 1.04. The van der Waals surface area contributed by atoms with Crippen LogP contribution in [0.3, 0.4) is 0 Å². The number of rotatable bonds is 5. The maximum Gasteiger partial charge on any atom is 0.231 e. The molecule has 0 fully saturated rings. The molecule has 0 bridgehead atoms. The van der Waals surface area contributed by atoms with E-state index in [9.17, 15) is 9.18 Å². The van der Waals surface area contributed by atoms with Crippen molar-refractivity contribution in [2.45, 2.75) is 27.0 Å². The van der Waals surface area contributed by atoms with Crippen LogP contribution in [0.25, 0.3) is 17.0 Å². The number of aryl methyl sites for hydroxylation is 1. The monoisotopic (exact) mass is 427 g/mol. The lowest BCUT2D eigenvalue weighted by Crippen LogP contribution is -1.98. The normalized spacial score (nSPS) is 14.1. The van der Waals surface area contributed by atoms with Crippen molar-refractivity contribution in [2.75, 3.05) is 0 Å². The third kappa shape index (κ3) is 3.46. The SMILES string of the molecule is CCn1cc(/C=C2/Oc3c(ccc(OCc4ccc(F)cc4)c3C)C2=O)c2ccccc21. The first kappa shape index (κ1) is 20.1. The Morgan fingerprint density at radius 3 is 2.62 bits per heavy atom. The summed E-state index contributed by atoms with van der Waals surface area (Å²) >= 11 is 0. The minimum Gasteiger partial charge on any atom is -0.488 e. The Kier molecular flexibility index (Phi) is 5.02. The van der Waals surface area contributed by atoms with E-state index in [1.165, 1.54) is 12.1 Å². The molecule has 0 spiro atoms. The minimum absolute atomic E-state index is 0.137. The van der Waals surface area contributed by atoms with Gasteiger partial charge in [0.25, 0.3) is 0 Å². The maximum atomic E-state index is 13.1. The molecule has 2 heterocycles. The number of hydrogen-bond donors (Lipinski definition) is 0. The van der Waals surface area contributed by atoms with Gasteiger partial charge in [0.05, 0.1) is 5.56 Å². The summed E-state index contributed by atoms with van der Waals surface area (Å²) in [7, 11) is 0. The number of ketones is 1. The molecule has 1 aliphatic heterocycles. The fourth-order valence-corrected chi connectivity index (χ4v) is 4.06. The van der Waals surface area contributed by atoms with E-state index >= 15 is 0 Å². The van der Waals surface area contributed by atoms with Crippen molar-refractivity contribution in [3.8, 4) is 11.5 Å². The molecule has 160 valence electrons. The van der Waals surface area contributed by atoms with Crippen LogP contribution in [-0.2, 0) is 13.2 Å². The van der Waals surface area contributed by atoms with Gasteiger partial charge in [0.2, 0.25) is 5.78 Å². The molecule has 0 radical (unpaired) electrons. The highest BCUT2D eigenvalue weighted by Gasteiger charge is 2.30. The van der Waals surface area contributed by atoms with Gasteiger partial charge >= 0.3 is 0 Å². The molecule has 5 rings (SSSR count). The van der Waals surface area contributed by atoms with Crippen molar-refractivity contribution >= 4 is 22.8 Å². The highest BCUT2D eigenvalue weighted by Crippen LogP contribution is 2.40. The molecular formula is C27H22FNO3. The first-order valence-electron chi connectivity index (χ1n) is 10.6. The second kappa shape index (κ2) is 8.00. The average molecular weight is 427 g/mol. The van der Waals surface area contributed by atoms with Crippen LogP contribution in [0, 0.1) is 12.7 Å². The van der Waals surface area contributed by atoms with Gasteiger partial charge in [-0.2, -0.15) is 0 Å². The molecule has 0 saturated heterocycles. The summed E-state index contributed by atoms with van der Waals surface area (Å²) in [4.78, 5) is 13.0. The predicted octanol–water partition coefficient (Wildman–Crippen LogP) is 6.30. The topological polar surface area (TPSA) is 40.5 Å². The molecular weight excluding hydrogens is 405 g/mol. The van der Waals surface area contributed by atoms with E-state index in [2.05, 4.69) is 17.6 Å². The lowest BCUT2D eigenvalue weighted by molar-refractivity contribution is 0.101. The fraction of sp³-hybridized carbons (Fsp3) is 0.148. The number of nitrogens with zero attached hydrogens (tertiary/aromatic N) is 1. The molecule has 4 nitrogen and oxygen atoms in total. The Hall–Kier alpha value is -3.86. The molecule has 1 aliphatic rings. The van der Waals surface area contributed by atoms with Gasteiger partial charge in [-0.15, -0.1) is 0 Å². The molecule has 0 unspecified atom stereocenters. The molecule has 0 aliphatic carbocycles. The molecule has 0 saturated carbocycles. The van der Waals surface area contributed by atoms with Crippen molar-refractivity contribution in [2.24, 2.45) is 0 Å². The van der Waals surface area contributed by atoms with Gasteiger partial charge in [0.1, 0.15) is 23.9 Å². The molecule has 4 aromatic rings. The summed E-state index contributed by atoms with van der Waals surface area (Å²) < 4.78 is 27.2. The highest BCUT2D eigenvalue weighted by atomic mass is 19.1. The van der Waals surface area contributed by atoms with Gasteiger partial charge in [-0.1, -0.05) is 30.3 Å². The second-order valence-corrected chi connectivity index (χ2v) is 7.81. The summed E-state index contributed by atoms with van der Waals surface area (Å²) in [6, 6.07) is 17.8. The second-order valence-electron chi connectivity index (χ2n) is 7.81. The van der Waals surface area contributed by atoms with Crippen LogP contribution < -0.4 is 9.47 Å². The zero-order valence-electron chi connectivity index (χ0n) is 17.9. The number of aromatic nitrogens is 1. The van der Waals surface area contributed by atoms with Crippen LogP contribution in [0.2, 0.25) is 0 Å². The summed E-state index contributed by atoms with van der Waals surface area (Å²) in [5, 5.41) is 1.08. The lowest BCUT2D eigenvalue weighted by atomic mass is 10.1. The fourth-order valence-electron chi connectivity index (χ4n) is 4.06. The number of benzene rings is 3. The number of allylic oxidation sites excluding steroid dienone is 1. The van der Waals surface area contributed by atoms with Crippen LogP contribution in [0.4, 0.5) is 4.39 Å². The van der Waals surface area contributed by atoms with Crippen LogP contribution >= 0.6 is 0 Å². The van der Waals surface area contributed by atoms with Gasteiger partial charge in [-0.05, 0) is 55.8 Å². The van der Waals surface area contributed by atoms with Gasteiger partial charge < -0.3 is 14.0 Å². The maximum absolute atomic E-state index is 13.1. The standard InChI is InChI=1S/C27H22FNO3/c1-3-29-15-19(21-6-4-5-7-23(21)29)14-25-26(30)22-12-13-24(17(2)27(22)32-25)31-16-18-8-10-20(28)11-9-18/h4-15H,3,16H2,1-2H3/b25-14+.